The van der Waals surface area contributed by atoms with Crippen molar-refractivity contribution in [1.82, 2.24) is 0 Å². The second-order valence-electron chi connectivity index (χ2n) is 4.65. The van der Waals surface area contributed by atoms with E-state index in [0.717, 1.165) is 22.4 Å². The highest BCUT2D eigenvalue weighted by Crippen LogP contribution is 2.24. The lowest BCUT2D eigenvalue weighted by atomic mass is 10.1. The zero-order valence-corrected chi connectivity index (χ0v) is 11.6. The summed E-state index contributed by atoms with van der Waals surface area (Å²) in [5, 5.41) is 11.9. The van der Waals surface area contributed by atoms with Crippen LogP contribution in [0.5, 0.6) is 5.75 Å². The van der Waals surface area contributed by atoms with Crippen LogP contribution in [-0.4, -0.2) is 11.0 Å². The Hall–Kier alpha value is -2.49. The molecule has 0 bridgehead atoms. The molecule has 0 fully saturated rings. The third kappa shape index (κ3) is 2.91. The van der Waals surface area contributed by atoms with Gasteiger partial charge in [0, 0.05) is 11.1 Å². The molecule has 2 rings (SSSR count). The number of ether oxygens (including phenoxy) is 1. The summed E-state index contributed by atoms with van der Waals surface area (Å²) in [4.78, 5) is 0. The van der Waals surface area contributed by atoms with Crippen molar-refractivity contribution in [1.29, 1.82) is 0 Å². The van der Waals surface area contributed by atoms with Gasteiger partial charge in [0.05, 0.1) is 0 Å². The zero-order valence-electron chi connectivity index (χ0n) is 11.6. The molecule has 0 radical (unpaired) electrons. The molecule has 0 spiro atoms. The molecule has 0 unspecified atom stereocenters. The topological polar surface area (TPSA) is 67.8 Å². The molecule has 2 aromatic rings. The highest BCUT2D eigenvalue weighted by molar-refractivity contribution is 5.98. The van der Waals surface area contributed by atoms with Crippen molar-refractivity contribution in [3.05, 3.63) is 64.7 Å². The Labute approximate surface area is 118 Å². The van der Waals surface area contributed by atoms with Crippen LogP contribution in [0, 0.1) is 13.8 Å². The van der Waals surface area contributed by atoms with E-state index in [4.69, 9.17) is 15.7 Å². The smallest absolute Gasteiger partial charge is 0.170 e. The van der Waals surface area contributed by atoms with Crippen LogP contribution in [0.1, 0.15) is 22.3 Å². The van der Waals surface area contributed by atoms with Crippen LogP contribution < -0.4 is 10.5 Å². The van der Waals surface area contributed by atoms with Crippen LogP contribution in [-0.2, 0) is 6.61 Å². The van der Waals surface area contributed by atoms with Crippen LogP contribution in [0.25, 0.3) is 0 Å². The van der Waals surface area contributed by atoms with Gasteiger partial charge >= 0.3 is 0 Å². The van der Waals surface area contributed by atoms with E-state index in [9.17, 15) is 0 Å². The second kappa shape index (κ2) is 6.10. The van der Waals surface area contributed by atoms with E-state index in [0.29, 0.717) is 12.2 Å². The van der Waals surface area contributed by atoms with E-state index in [-0.39, 0.29) is 5.84 Å². The first-order chi connectivity index (χ1) is 9.63. The molecule has 4 nitrogen and oxygen atoms in total. The van der Waals surface area contributed by atoms with Crippen LogP contribution in [0.4, 0.5) is 0 Å². The largest absolute Gasteiger partial charge is 0.488 e. The van der Waals surface area contributed by atoms with E-state index < -0.39 is 0 Å². The first kappa shape index (κ1) is 13.9. The lowest BCUT2D eigenvalue weighted by molar-refractivity contribution is 0.301. The molecule has 104 valence electrons. The summed E-state index contributed by atoms with van der Waals surface area (Å²) >= 11 is 0. The Morgan fingerprint density at radius 3 is 2.40 bits per heavy atom. The summed E-state index contributed by atoms with van der Waals surface area (Å²) < 4.78 is 5.90. The molecule has 0 aliphatic heterocycles. The quantitative estimate of drug-likeness (QED) is 0.388. The number of para-hydroxylation sites is 1. The maximum atomic E-state index is 8.81. The molecule has 0 saturated heterocycles. The van der Waals surface area contributed by atoms with E-state index >= 15 is 0 Å². The first-order valence-corrected chi connectivity index (χ1v) is 6.38. The average molecular weight is 270 g/mol. The van der Waals surface area contributed by atoms with E-state index in [2.05, 4.69) is 5.16 Å². The maximum absolute atomic E-state index is 8.81. The number of nitrogens with two attached hydrogens (primary N) is 1. The van der Waals surface area contributed by atoms with Crippen molar-refractivity contribution in [3.63, 3.8) is 0 Å². The van der Waals surface area contributed by atoms with Gasteiger partial charge in [0.2, 0.25) is 0 Å². The Bertz CT molecular complexity index is 616. The number of rotatable bonds is 4. The molecule has 0 heterocycles. The standard InChI is InChI=1S/C16H18N2O2/c1-11-6-5-7-12(2)15(11)20-10-13-8-3-4-9-14(13)16(17)18-19/h3-9,19H,10H2,1-2H3,(H2,17,18). The van der Waals surface area contributed by atoms with E-state index in [1.165, 1.54) is 0 Å². The normalized spacial score (nSPS) is 11.4. The minimum Gasteiger partial charge on any atom is -0.488 e. The van der Waals surface area contributed by atoms with Crippen LogP contribution in [0.15, 0.2) is 47.6 Å². The Morgan fingerprint density at radius 1 is 1.10 bits per heavy atom. The zero-order chi connectivity index (χ0) is 14.5. The minimum atomic E-state index is 0.0886. The van der Waals surface area contributed by atoms with Crippen molar-refractivity contribution >= 4 is 5.84 Å². The van der Waals surface area contributed by atoms with Crippen molar-refractivity contribution in [2.75, 3.05) is 0 Å². The molecule has 2 aromatic carbocycles. The summed E-state index contributed by atoms with van der Waals surface area (Å²) in [7, 11) is 0. The predicted octanol–water partition coefficient (Wildman–Crippen LogP) is 2.98. The molecule has 0 saturated carbocycles. The van der Waals surface area contributed by atoms with Gasteiger partial charge in [-0.25, -0.2) is 0 Å². The van der Waals surface area contributed by atoms with E-state index in [1.54, 1.807) is 6.07 Å². The molecule has 0 atom stereocenters. The minimum absolute atomic E-state index is 0.0886. The van der Waals surface area contributed by atoms with Gasteiger partial charge < -0.3 is 15.7 Å². The van der Waals surface area contributed by atoms with Crippen LogP contribution >= 0.6 is 0 Å². The van der Waals surface area contributed by atoms with Gasteiger partial charge in [0.15, 0.2) is 5.84 Å². The molecule has 0 aliphatic carbocycles. The van der Waals surface area contributed by atoms with Crippen molar-refractivity contribution in [3.8, 4) is 5.75 Å². The Kier molecular flexibility index (Phi) is 4.25. The molecular weight excluding hydrogens is 252 g/mol. The summed E-state index contributed by atoms with van der Waals surface area (Å²) in [6.45, 7) is 4.40. The third-order valence-corrected chi connectivity index (χ3v) is 3.18. The molecular formula is C16H18N2O2. The van der Waals surface area contributed by atoms with E-state index in [1.807, 2.05) is 50.2 Å². The molecule has 20 heavy (non-hydrogen) atoms. The predicted molar refractivity (Wildman–Crippen MR) is 79.2 cm³/mol. The molecule has 0 aliphatic rings. The molecule has 3 N–H and O–H groups in total. The van der Waals surface area contributed by atoms with Gasteiger partial charge in [0.1, 0.15) is 12.4 Å². The first-order valence-electron chi connectivity index (χ1n) is 6.38. The summed E-state index contributed by atoms with van der Waals surface area (Å²) in [5.74, 6) is 0.965. The van der Waals surface area contributed by atoms with Gasteiger partial charge in [-0.05, 0) is 25.0 Å². The molecule has 0 aromatic heterocycles. The Morgan fingerprint density at radius 2 is 1.75 bits per heavy atom. The number of hydrogen-bond acceptors (Lipinski definition) is 3. The summed E-state index contributed by atoms with van der Waals surface area (Å²) in [6.07, 6.45) is 0. The fourth-order valence-electron chi connectivity index (χ4n) is 2.13. The Balaban J connectivity index is 2.24. The third-order valence-electron chi connectivity index (χ3n) is 3.18. The van der Waals surface area contributed by atoms with Crippen LogP contribution in [0.2, 0.25) is 0 Å². The SMILES string of the molecule is Cc1cccc(C)c1OCc1ccccc1/C(N)=N/O. The second-order valence-corrected chi connectivity index (χ2v) is 4.65. The molecule has 0 amide bonds. The van der Waals surface area contributed by atoms with Gasteiger partial charge in [-0.2, -0.15) is 0 Å². The fourth-order valence-corrected chi connectivity index (χ4v) is 2.13. The van der Waals surface area contributed by atoms with Gasteiger partial charge in [-0.3, -0.25) is 0 Å². The summed E-state index contributed by atoms with van der Waals surface area (Å²) in [5.41, 5.74) is 9.41. The maximum Gasteiger partial charge on any atom is 0.170 e. The lowest BCUT2D eigenvalue weighted by Crippen LogP contribution is -2.16. The monoisotopic (exact) mass is 270 g/mol. The van der Waals surface area contributed by atoms with Gasteiger partial charge in [-0.15, -0.1) is 0 Å². The van der Waals surface area contributed by atoms with Gasteiger partial charge in [-0.1, -0.05) is 47.6 Å². The number of aryl methyl sites for hydroxylation is 2. The lowest BCUT2D eigenvalue weighted by Gasteiger charge is -2.13. The van der Waals surface area contributed by atoms with Crippen molar-refractivity contribution in [2.45, 2.75) is 20.5 Å². The van der Waals surface area contributed by atoms with Crippen molar-refractivity contribution in [2.24, 2.45) is 10.9 Å². The highest BCUT2D eigenvalue weighted by atomic mass is 16.5. The fraction of sp³-hybridized carbons (Fsp3) is 0.188. The van der Waals surface area contributed by atoms with Crippen LogP contribution in [0.3, 0.4) is 0 Å². The number of amidine groups is 1. The number of benzene rings is 2. The average Bonchev–Trinajstić information content (AvgIpc) is 2.46. The summed E-state index contributed by atoms with van der Waals surface area (Å²) in [6, 6.07) is 13.5. The van der Waals surface area contributed by atoms with Crippen molar-refractivity contribution < 1.29 is 9.94 Å². The highest BCUT2D eigenvalue weighted by Gasteiger charge is 2.09. The number of oxime groups is 1. The van der Waals surface area contributed by atoms with Gasteiger partial charge in [0.25, 0.3) is 0 Å². The molecule has 4 heteroatoms. The number of hydrogen-bond donors (Lipinski definition) is 2. The number of nitrogens with zero attached hydrogens (tertiary/aromatic N) is 1.